The topological polar surface area (TPSA) is 83.5 Å². The normalized spacial score (nSPS) is 24.9. The minimum atomic E-state index is -3.39. The maximum absolute atomic E-state index is 10.4. The number of carbonyl (C=O) groups is 1. The molecule has 5 heteroatoms. The van der Waals surface area contributed by atoms with Gasteiger partial charge in [-0.3, -0.25) is 4.79 Å². The van der Waals surface area contributed by atoms with E-state index in [2.05, 4.69) is 0 Å². The number of hydrogen-bond donors (Lipinski definition) is 3. The van der Waals surface area contributed by atoms with Crippen LogP contribution in [0.15, 0.2) is 0 Å². The number of carboxylic acids is 1. The van der Waals surface area contributed by atoms with Crippen LogP contribution in [0, 0.1) is 0 Å². The van der Waals surface area contributed by atoms with Crippen molar-refractivity contribution in [1.29, 1.82) is 0 Å². The average molecular weight is 185 g/mol. The standard InChI is InChI=1S/C6H13NO3S/c7-5(6(9)10)4-11-3-1-2-8/h5,8H,1-4,7H2,(H,9,10)/t5-/m0/s1/i1D2,2D2,3D2. The summed E-state index contributed by atoms with van der Waals surface area (Å²) in [6.07, 6.45) is -3.21. The molecule has 0 aromatic rings. The molecule has 0 aliphatic heterocycles. The van der Waals surface area contributed by atoms with Gasteiger partial charge in [0.15, 0.2) is 0 Å². The second kappa shape index (κ2) is 6.45. The van der Waals surface area contributed by atoms with Gasteiger partial charge in [0.25, 0.3) is 0 Å². The predicted molar refractivity (Wildman–Crippen MR) is 44.6 cm³/mol. The lowest BCUT2D eigenvalue weighted by Gasteiger charge is -2.04. The average Bonchev–Trinajstić information content (AvgIpc) is 2.11. The van der Waals surface area contributed by atoms with Gasteiger partial charge in [-0.2, -0.15) is 11.8 Å². The molecule has 0 aliphatic carbocycles. The Bertz CT molecular complexity index is 294. The summed E-state index contributed by atoms with van der Waals surface area (Å²) in [6, 6.07) is -1.39. The highest BCUT2D eigenvalue weighted by atomic mass is 32.2. The molecule has 1 atom stereocenters. The van der Waals surface area contributed by atoms with Crippen molar-refractivity contribution in [1.82, 2.24) is 0 Å². The van der Waals surface area contributed by atoms with Crippen LogP contribution in [0.25, 0.3) is 0 Å². The number of nitrogens with two attached hydrogens (primary N) is 1. The summed E-state index contributed by atoms with van der Waals surface area (Å²) in [7, 11) is 0. The number of rotatable bonds is 6. The molecule has 0 aliphatic rings. The van der Waals surface area contributed by atoms with Gasteiger partial charge in [-0.25, -0.2) is 0 Å². The number of thioether (sulfide) groups is 1. The SMILES string of the molecule is [2H]C([2H])(O)C([2H])([2H])C([2H])([2H])SC[C@H](N)C(=O)O. The van der Waals surface area contributed by atoms with Crippen LogP contribution in [0.4, 0.5) is 0 Å². The zero-order valence-electron chi connectivity index (χ0n) is 11.6. The van der Waals surface area contributed by atoms with E-state index in [9.17, 15) is 4.79 Å². The van der Waals surface area contributed by atoms with Gasteiger partial charge < -0.3 is 15.9 Å². The Morgan fingerprint density at radius 3 is 2.91 bits per heavy atom. The number of aliphatic hydroxyl groups is 1. The fraction of sp³-hybridized carbons (Fsp3) is 0.833. The lowest BCUT2D eigenvalue weighted by atomic mass is 10.4. The van der Waals surface area contributed by atoms with Crippen molar-refractivity contribution < 1.29 is 23.2 Å². The first-order valence-corrected chi connectivity index (χ1v) is 3.66. The minimum Gasteiger partial charge on any atom is -0.480 e. The molecule has 0 heterocycles. The third-order valence-corrected chi connectivity index (χ3v) is 1.53. The van der Waals surface area contributed by atoms with Crippen molar-refractivity contribution in [2.45, 2.75) is 12.4 Å². The minimum absolute atomic E-state index is 0.201. The summed E-state index contributed by atoms with van der Waals surface area (Å²) in [6.45, 7) is -3.39. The Balaban J connectivity index is 4.74. The molecule has 0 saturated carbocycles. The molecule has 0 amide bonds. The molecule has 0 radical (unpaired) electrons. The summed E-state index contributed by atoms with van der Waals surface area (Å²) in [5.41, 5.74) is 2.29. The van der Waals surface area contributed by atoms with Gasteiger partial charge in [0, 0.05) is 17.8 Å². The molecular formula is C6H13NO3S. The predicted octanol–water partition coefficient (Wildman–Crippen LogP) is -0.486. The van der Waals surface area contributed by atoms with Crippen molar-refractivity contribution in [2.24, 2.45) is 5.73 Å². The van der Waals surface area contributed by atoms with E-state index in [0.717, 1.165) is 0 Å². The van der Waals surface area contributed by atoms with Crippen LogP contribution in [0.2, 0.25) is 0 Å². The summed E-state index contributed by atoms with van der Waals surface area (Å²) in [5.74, 6) is -1.82. The second-order valence-corrected chi connectivity index (χ2v) is 2.42. The molecule has 11 heavy (non-hydrogen) atoms. The van der Waals surface area contributed by atoms with Gasteiger partial charge in [-0.15, -0.1) is 0 Å². The molecule has 0 aromatic heterocycles. The van der Waals surface area contributed by atoms with Crippen LogP contribution in [0.3, 0.4) is 0 Å². The lowest BCUT2D eigenvalue weighted by Crippen LogP contribution is -2.32. The lowest BCUT2D eigenvalue weighted by molar-refractivity contribution is -0.137. The second-order valence-electron chi connectivity index (χ2n) is 1.59. The fourth-order valence-electron chi connectivity index (χ4n) is 0.262. The molecule has 0 bridgehead atoms. The van der Waals surface area contributed by atoms with E-state index in [4.69, 9.17) is 24.2 Å². The van der Waals surface area contributed by atoms with E-state index in [-0.39, 0.29) is 11.8 Å². The van der Waals surface area contributed by atoms with Gasteiger partial charge in [0.2, 0.25) is 0 Å². The molecule has 0 rings (SSSR count). The Morgan fingerprint density at radius 2 is 2.45 bits per heavy atom. The Labute approximate surface area is 78.2 Å². The van der Waals surface area contributed by atoms with E-state index in [1.54, 1.807) is 0 Å². The van der Waals surface area contributed by atoms with Crippen LogP contribution < -0.4 is 5.73 Å². The Morgan fingerprint density at radius 1 is 1.82 bits per heavy atom. The molecule has 0 spiro atoms. The van der Waals surface area contributed by atoms with Gasteiger partial charge in [0.05, 0.1) is 2.74 Å². The summed E-state index contributed by atoms with van der Waals surface area (Å²) in [5, 5.41) is 17.4. The molecule has 4 nitrogen and oxygen atoms in total. The van der Waals surface area contributed by atoms with E-state index >= 15 is 0 Å². The van der Waals surface area contributed by atoms with Crippen LogP contribution >= 0.6 is 11.8 Å². The summed E-state index contributed by atoms with van der Waals surface area (Å²) < 4.78 is 42.6. The van der Waals surface area contributed by atoms with Gasteiger partial charge in [-0.05, 0) is 12.1 Å². The molecule has 66 valence electrons. The van der Waals surface area contributed by atoms with Gasteiger partial charge >= 0.3 is 5.97 Å². The molecule has 0 aromatic carbocycles. The largest absolute Gasteiger partial charge is 0.480 e. The summed E-state index contributed by atoms with van der Waals surface area (Å²) in [4.78, 5) is 10.4. The van der Waals surface area contributed by atoms with Gasteiger partial charge in [0.1, 0.15) is 6.04 Å². The highest BCUT2D eigenvalue weighted by molar-refractivity contribution is 7.99. The highest BCUT2D eigenvalue weighted by Crippen LogP contribution is 2.03. The Kier molecular flexibility index (Phi) is 2.41. The van der Waals surface area contributed by atoms with Crippen molar-refractivity contribution in [3.63, 3.8) is 0 Å². The molecule has 4 N–H and O–H groups in total. The first-order chi connectivity index (χ1) is 7.33. The van der Waals surface area contributed by atoms with Crippen LogP contribution in [-0.2, 0) is 4.79 Å². The van der Waals surface area contributed by atoms with Crippen molar-refractivity contribution >= 4 is 17.7 Å². The van der Waals surface area contributed by atoms with Crippen LogP contribution in [-0.4, -0.2) is 40.2 Å². The quantitative estimate of drug-likeness (QED) is 0.520. The zero-order chi connectivity index (χ0) is 14.1. The van der Waals surface area contributed by atoms with Crippen molar-refractivity contribution in [2.75, 3.05) is 18.0 Å². The van der Waals surface area contributed by atoms with Gasteiger partial charge in [-0.1, -0.05) is 0 Å². The van der Waals surface area contributed by atoms with E-state index in [1.165, 1.54) is 0 Å². The monoisotopic (exact) mass is 185 g/mol. The van der Waals surface area contributed by atoms with Crippen molar-refractivity contribution in [3.8, 4) is 0 Å². The van der Waals surface area contributed by atoms with Crippen LogP contribution in [0.1, 0.15) is 14.6 Å². The van der Waals surface area contributed by atoms with Crippen molar-refractivity contribution in [3.05, 3.63) is 0 Å². The molecular weight excluding hydrogens is 166 g/mol. The van der Waals surface area contributed by atoms with E-state index in [1.807, 2.05) is 0 Å². The molecule has 0 unspecified atom stereocenters. The third kappa shape index (κ3) is 6.15. The first-order valence-electron chi connectivity index (χ1n) is 5.67. The zero-order valence-corrected chi connectivity index (χ0v) is 6.39. The first kappa shape index (κ1) is 4.11. The maximum atomic E-state index is 10.4. The van der Waals surface area contributed by atoms with E-state index in [0.29, 0.717) is 0 Å². The smallest absolute Gasteiger partial charge is 0.321 e. The number of aliphatic carboxylic acids is 1. The third-order valence-electron chi connectivity index (χ3n) is 0.759. The Hall–Kier alpha value is -0.260. The molecule has 0 fully saturated rings. The fourth-order valence-corrected chi connectivity index (χ4v) is 0.785. The number of carboxylic acid groups (broad SMARTS) is 1. The maximum Gasteiger partial charge on any atom is 0.321 e. The van der Waals surface area contributed by atoms with Crippen LogP contribution in [0.5, 0.6) is 0 Å². The molecule has 0 saturated heterocycles. The number of hydrogen-bond acceptors (Lipinski definition) is 4. The summed E-state index contributed by atoms with van der Waals surface area (Å²) >= 11 is 0.201. The highest BCUT2D eigenvalue weighted by Gasteiger charge is 2.09. The van der Waals surface area contributed by atoms with E-state index < -0.39 is 36.4 Å².